The molecule has 0 amide bonds. The first-order valence-corrected chi connectivity index (χ1v) is 5.39. The van der Waals surface area contributed by atoms with Crippen LogP contribution in [0.4, 0.5) is 0 Å². The Bertz CT molecular complexity index is 512. The van der Waals surface area contributed by atoms with Gasteiger partial charge in [-0.15, -0.1) is 0 Å². The van der Waals surface area contributed by atoms with Crippen molar-refractivity contribution in [3.05, 3.63) is 48.5 Å². The number of carboxylic acid groups (broad SMARTS) is 1. The van der Waals surface area contributed by atoms with Crippen LogP contribution in [0.3, 0.4) is 0 Å². The Kier molecular flexibility index (Phi) is 3.98. The van der Waals surface area contributed by atoms with Crippen LogP contribution in [0, 0.1) is 0 Å². The van der Waals surface area contributed by atoms with Crippen molar-refractivity contribution in [1.82, 2.24) is 9.97 Å². The number of hydrogen-bond acceptors (Lipinski definition) is 4. The minimum absolute atomic E-state index is 0.283. The summed E-state index contributed by atoms with van der Waals surface area (Å²) in [4.78, 5) is 18.2. The minimum atomic E-state index is -0.965. The van der Waals surface area contributed by atoms with E-state index >= 15 is 0 Å². The van der Waals surface area contributed by atoms with Crippen LogP contribution in [-0.2, 0) is 16.1 Å². The third-order valence-electron chi connectivity index (χ3n) is 2.34. The monoisotopic (exact) mass is 244 g/mol. The van der Waals surface area contributed by atoms with Gasteiger partial charge in [-0.05, 0) is 11.1 Å². The molecule has 2 aromatic rings. The molecule has 1 aromatic heterocycles. The van der Waals surface area contributed by atoms with Gasteiger partial charge < -0.3 is 9.84 Å². The van der Waals surface area contributed by atoms with Gasteiger partial charge in [-0.2, -0.15) is 0 Å². The van der Waals surface area contributed by atoms with E-state index in [-0.39, 0.29) is 13.2 Å². The molecule has 0 atom stereocenters. The van der Waals surface area contributed by atoms with Crippen LogP contribution in [0.2, 0.25) is 0 Å². The zero-order valence-electron chi connectivity index (χ0n) is 9.61. The molecule has 0 bridgehead atoms. The second-order valence-electron chi connectivity index (χ2n) is 3.71. The number of rotatable bonds is 5. The Balaban J connectivity index is 2.00. The zero-order chi connectivity index (χ0) is 12.8. The average molecular weight is 244 g/mol. The summed E-state index contributed by atoms with van der Waals surface area (Å²) in [7, 11) is 0. The molecule has 0 fully saturated rings. The quantitative estimate of drug-likeness (QED) is 0.867. The lowest BCUT2D eigenvalue weighted by Crippen LogP contribution is -2.06. The second-order valence-corrected chi connectivity index (χ2v) is 3.71. The van der Waals surface area contributed by atoms with Crippen LogP contribution in [-0.4, -0.2) is 27.7 Å². The van der Waals surface area contributed by atoms with Gasteiger partial charge in [0.05, 0.1) is 6.61 Å². The van der Waals surface area contributed by atoms with Gasteiger partial charge in [0.25, 0.3) is 0 Å². The van der Waals surface area contributed by atoms with E-state index < -0.39 is 5.97 Å². The van der Waals surface area contributed by atoms with E-state index in [1.165, 1.54) is 6.33 Å². The highest BCUT2D eigenvalue weighted by Gasteiger charge is 2.00. The highest BCUT2D eigenvalue weighted by molar-refractivity contribution is 5.68. The van der Waals surface area contributed by atoms with Gasteiger partial charge in [-0.1, -0.05) is 24.3 Å². The normalized spacial score (nSPS) is 10.2. The lowest BCUT2D eigenvalue weighted by molar-refractivity contribution is -0.142. The van der Waals surface area contributed by atoms with E-state index in [4.69, 9.17) is 9.84 Å². The summed E-state index contributed by atoms with van der Waals surface area (Å²) >= 11 is 0. The highest BCUT2D eigenvalue weighted by atomic mass is 16.5. The Morgan fingerprint density at radius 2 is 1.78 bits per heavy atom. The number of carboxylic acids is 1. The molecule has 2 rings (SSSR count). The number of benzene rings is 1. The number of aliphatic carboxylic acids is 1. The number of ether oxygens (including phenoxy) is 1. The van der Waals surface area contributed by atoms with Gasteiger partial charge in [-0.25, -0.2) is 14.8 Å². The van der Waals surface area contributed by atoms with Gasteiger partial charge in [0, 0.05) is 18.0 Å². The van der Waals surface area contributed by atoms with Crippen molar-refractivity contribution < 1.29 is 14.6 Å². The first kappa shape index (κ1) is 12.2. The lowest BCUT2D eigenvalue weighted by Gasteiger charge is -2.04. The van der Waals surface area contributed by atoms with Crippen molar-refractivity contribution in [3.8, 4) is 11.1 Å². The summed E-state index contributed by atoms with van der Waals surface area (Å²) in [5.41, 5.74) is 2.88. The Morgan fingerprint density at radius 1 is 1.11 bits per heavy atom. The van der Waals surface area contributed by atoms with Gasteiger partial charge >= 0.3 is 5.97 Å². The molecular formula is C13H12N2O3. The lowest BCUT2D eigenvalue weighted by atomic mass is 10.1. The molecule has 0 unspecified atom stereocenters. The topological polar surface area (TPSA) is 72.3 Å². The molecule has 0 aliphatic carbocycles. The van der Waals surface area contributed by atoms with Crippen molar-refractivity contribution in [2.75, 3.05) is 6.61 Å². The molecule has 0 aliphatic heterocycles. The third-order valence-corrected chi connectivity index (χ3v) is 2.34. The number of hydrogen-bond donors (Lipinski definition) is 1. The van der Waals surface area contributed by atoms with Crippen LogP contribution in [0.1, 0.15) is 5.56 Å². The molecule has 0 radical (unpaired) electrons. The molecule has 1 N–H and O–H groups in total. The predicted octanol–water partition coefficient (Wildman–Crippen LogP) is 1.74. The maximum absolute atomic E-state index is 10.3. The SMILES string of the molecule is O=C(O)COCc1ccc(-c2cncnc2)cc1. The standard InChI is InChI=1S/C13H12N2O3/c16-13(17)8-18-7-10-1-3-11(4-2-10)12-5-14-9-15-6-12/h1-6,9H,7-8H2,(H,16,17). The first-order chi connectivity index (χ1) is 8.75. The van der Waals surface area contributed by atoms with Crippen molar-refractivity contribution in [2.45, 2.75) is 6.61 Å². The average Bonchev–Trinajstić information content (AvgIpc) is 2.40. The molecule has 92 valence electrons. The van der Waals surface area contributed by atoms with Gasteiger partial charge in [0.2, 0.25) is 0 Å². The fraction of sp³-hybridized carbons (Fsp3) is 0.154. The van der Waals surface area contributed by atoms with E-state index in [1.807, 2.05) is 24.3 Å². The fourth-order valence-electron chi connectivity index (χ4n) is 1.50. The Hall–Kier alpha value is -2.27. The molecule has 18 heavy (non-hydrogen) atoms. The van der Waals surface area contributed by atoms with Crippen LogP contribution < -0.4 is 0 Å². The van der Waals surface area contributed by atoms with Gasteiger partial charge in [-0.3, -0.25) is 0 Å². The maximum Gasteiger partial charge on any atom is 0.329 e. The summed E-state index contributed by atoms with van der Waals surface area (Å²) in [6.45, 7) is 0.00610. The molecule has 0 aliphatic rings. The molecule has 1 heterocycles. The summed E-state index contributed by atoms with van der Waals surface area (Å²) in [6.07, 6.45) is 4.96. The van der Waals surface area contributed by atoms with Crippen molar-refractivity contribution in [1.29, 1.82) is 0 Å². The van der Waals surface area contributed by atoms with Crippen molar-refractivity contribution >= 4 is 5.97 Å². The van der Waals surface area contributed by atoms with Crippen molar-refractivity contribution in [2.24, 2.45) is 0 Å². The minimum Gasteiger partial charge on any atom is -0.480 e. The predicted molar refractivity (Wildman–Crippen MR) is 64.8 cm³/mol. The molecular weight excluding hydrogens is 232 g/mol. The molecule has 1 aromatic carbocycles. The van der Waals surface area contributed by atoms with Gasteiger partial charge in [0.15, 0.2) is 0 Å². The maximum atomic E-state index is 10.3. The Labute approximate surface area is 104 Å². The number of nitrogens with zero attached hydrogens (tertiary/aromatic N) is 2. The van der Waals surface area contributed by atoms with Crippen LogP contribution in [0.15, 0.2) is 43.0 Å². The van der Waals surface area contributed by atoms with Gasteiger partial charge in [0.1, 0.15) is 12.9 Å². The van der Waals surface area contributed by atoms with Crippen LogP contribution >= 0.6 is 0 Å². The highest BCUT2D eigenvalue weighted by Crippen LogP contribution is 2.17. The second kappa shape index (κ2) is 5.88. The number of carbonyl (C=O) groups is 1. The van der Waals surface area contributed by atoms with E-state index in [0.29, 0.717) is 0 Å². The summed E-state index contributed by atoms with van der Waals surface area (Å²) in [6, 6.07) is 7.64. The molecule has 5 heteroatoms. The molecule has 5 nitrogen and oxygen atoms in total. The third kappa shape index (κ3) is 3.36. The van der Waals surface area contributed by atoms with Crippen LogP contribution in [0.25, 0.3) is 11.1 Å². The zero-order valence-corrected chi connectivity index (χ0v) is 9.61. The summed E-state index contributed by atoms with van der Waals surface area (Å²) < 4.78 is 5.00. The van der Waals surface area contributed by atoms with E-state index in [1.54, 1.807) is 12.4 Å². The molecule has 0 saturated heterocycles. The largest absolute Gasteiger partial charge is 0.480 e. The van der Waals surface area contributed by atoms with E-state index in [9.17, 15) is 4.79 Å². The first-order valence-electron chi connectivity index (χ1n) is 5.39. The van der Waals surface area contributed by atoms with E-state index in [2.05, 4.69) is 9.97 Å². The van der Waals surface area contributed by atoms with Crippen molar-refractivity contribution in [3.63, 3.8) is 0 Å². The fourth-order valence-corrected chi connectivity index (χ4v) is 1.50. The van der Waals surface area contributed by atoms with Crippen LogP contribution in [0.5, 0.6) is 0 Å². The smallest absolute Gasteiger partial charge is 0.329 e. The molecule has 0 saturated carbocycles. The Morgan fingerprint density at radius 3 is 2.39 bits per heavy atom. The number of aromatic nitrogens is 2. The summed E-state index contributed by atoms with van der Waals surface area (Å²) in [5.74, 6) is -0.965. The molecule has 0 spiro atoms. The summed E-state index contributed by atoms with van der Waals surface area (Å²) in [5, 5.41) is 8.45. The van der Waals surface area contributed by atoms with E-state index in [0.717, 1.165) is 16.7 Å².